The molecule has 0 spiro atoms. The van der Waals surface area contributed by atoms with Gasteiger partial charge in [0.1, 0.15) is 0 Å². The van der Waals surface area contributed by atoms with Crippen molar-refractivity contribution < 1.29 is 14.6 Å². The molecule has 1 aromatic carbocycles. The van der Waals surface area contributed by atoms with E-state index in [0.29, 0.717) is 13.0 Å². The van der Waals surface area contributed by atoms with Crippen LogP contribution in [0.3, 0.4) is 0 Å². The Morgan fingerprint density at radius 2 is 2.11 bits per heavy atom. The number of esters is 1. The van der Waals surface area contributed by atoms with Gasteiger partial charge in [-0.2, -0.15) is 0 Å². The molecule has 1 rings (SSSR count). The van der Waals surface area contributed by atoms with E-state index >= 15 is 0 Å². The molecule has 0 bridgehead atoms. The molecule has 1 N–H and O–H groups in total. The maximum atomic E-state index is 12.0. The van der Waals surface area contributed by atoms with Crippen molar-refractivity contribution in [3.63, 3.8) is 0 Å². The van der Waals surface area contributed by atoms with Gasteiger partial charge in [0.25, 0.3) is 0 Å². The van der Waals surface area contributed by atoms with E-state index in [1.807, 2.05) is 31.2 Å². The molecule has 19 heavy (non-hydrogen) atoms. The lowest BCUT2D eigenvalue weighted by Gasteiger charge is -2.16. The molecular formula is C15H21BrO3. The van der Waals surface area contributed by atoms with E-state index in [9.17, 15) is 4.79 Å². The Labute approximate surface area is 123 Å². The lowest BCUT2D eigenvalue weighted by molar-refractivity contribution is -0.148. The molecule has 0 aliphatic rings. The van der Waals surface area contributed by atoms with Crippen molar-refractivity contribution in [1.82, 2.24) is 0 Å². The summed E-state index contributed by atoms with van der Waals surface area (Å²) in [4.78, 5) is 12.0. The maximum absolute atomic E-state index is 12.0. The van der Waals surface area contributed by atoms with Gasteiger partial charge in [-0.05, 0) is 37.8 Å². The minimum Gasteiger partial charge on any atom is -0.466 e. The summed E-state index contributed by atoms with van der Waals surface area (Å²) in [5, 5.41) is 8.83. The predicted octanol–water partition coefficient (Wildman–Crippen LogP) is 3.33. The number of unbranched alkanes of at least 4 members (excludes halogenated alkanes) is 1. The summed E-state index contributed by atoms with van der Waals surface area (Å²) in [7, 11) is 0. The largest absolute Gasteiger partial charge is 0.466 e. The number of aliphatic hydroxyl groups is 1. The Kier molecular flexibility index (Phi) is 7.75. The van der Waals surface area contributed by atoms with Crippen molar-refractivity contribution in [3.8, 4) is 0 Å². The molecule has 0 aliphatic heterocycles. The monoisotopic (exact) mass is 328 g/mol. The topological polar surface area (TPSA) is 46.5 Å². The summed E-state index contributed by atoms with van der Waals surface area (Å²) in [5.41, 5.74) is 1.12. The smallest absolute Gasteiger partial charge is 0.309 e. The van der Waals surface area contributed by atoms with Gasteiger partial charge in [0.2, 0.25) is 0 Å². The molecule has 0 saturated heterocycles. The van der Waals surface area contributed by atoms with Crippen molar-refractivity contribution in [2.75, 3.05) is 13.2 Å². The van der Waals surface area contributed by atoms with Crippen LogP contribution in [0.1, 0.15) is 31.7 Å². The van der Waals surface area contributed by atoms with Crippen molar-refractivity contribution in [2.24, 2.45) is 5.92 Å². The van der Waals surface area contributed by atoms with Crippen molar-refractivity contribution in [3.05, 3.63) is 34.3 Å². The molecule has 0 amide bonds. The molecule has 0 fully saturated rings. The molecule has 106 valence electrons. The normalized spacial score (nSPS) is 12.2. The van der Waals surface area contributed by atoms with E-state index < -0.39 is 0 Å². The zero-order valence-corrected chi connectivity index (χ0v) is 12.9. The van der Waals surface area contributed by atoms with Crippen molar-refractivity contribution in [2.45, 2.75) is 32.6 Å². The molecule has 3 nitrogen and oxygen atoms in total. The third-order valence-corrected chi connectivity index (χ3v) is 3.78. The van der Waals surface area contributed by atoms with Crippen LogP contribution in [0, 0.1) is 5.92 Å². The number of rotatable bonds is 8. The first-order chi connectivity index (χ1) is 9.19. The summed E-state index contributed by atoms with van der Waals surface area (Å²) in [6, 6.07) is 7.92. The van der Waals surface area contributed by atoms with Crippen LogP contribution in [-0.2, 0) is 16.0 Å². The van der Waals surface area contributed by atoms with Gasteiger partial charge in [0, 0.05) is 11.1 Å². The number of hydrogen-bond acceptors (Lipinski definition) is 3. The van der Waals surface area contributed by atoms with Crippen molar-refractivity contribution >= 4 is 21.9 Å². The van der Waals surface area contributed by atoms with Gasteiger partial charge in [-0.1, -0.05) is 40.5 Å². The molecule has 1 aromatic rings. The summed E-state index contributed by atoms with van der Waals surface area (Å²) in [6.45, 7) is 2.40. The minimum absolute atomic E-state index is 0.134. The Morgan fingerprint density at radius 3 is 2.74 bits per heavy atom. The quantitative estimate of drug-likeness (QED) is 0.588. The number of carbonyl (C=O) groups is 1. The van der Waals surface area contributed by atoms with Gasteiger partial charge in [0.15, 0.2) is 0 Å². The van der Waals surface area contributed by atoms with Crippen LogP contribution in [0.4, 0.5) is 0 Å². The van der Waals surface area contributed by atoms with E-state index in [1.165, 1.54) is 0 Å². The highest BCUT2D eigenvalue weighted by Gasteiger charge is 2.20. The van der Waals surface area contributed by atoms with Crippen LogP contribution in [0.25, 0.3) is 0 Å². The van der Waals surface area contributed by atoms with Gasteiger partial charge in [-0.3, -0.25) is 4.79 Å². The van der Waals surface area contributed by atoms with Crippen LogP contribution in [-0.4, -0.2) is 24.3 Å². The van der Waals surface area contributed by atoms with E-state index in [4.69, 9.17) is 9.84 Å². The van der Waals surface area contributed by atoms with E-state index in [-0.39, 0.29) is 18.5 Å². The Balaban J connectivity index is 2.67. The molecule has 0 aromatic heterocycles. The minimum atomic E-state index is -0.142. The SMILES string of the molecule is CCOC(=O)C(CCCCO)Cc1ccccc1Br. The van der Waals surface area contributed by atoms with Gasteiger partial charge in [0.05, 0.1) is 12.5 Å². The predicted molar refractivity (Wildman–Crippen MR) is 78.9 cm³/mol. The maximum Gasteiger partial charge on any atom is 0.309 e. The van der Waals surface area contributed by atoms with Crippen LogP contribution < -0.4 is 0 Å². The number of hydrogen-bond donors (Lipinski definition) is 1. The fraction of sp³-hybridized carbons (Fsp3) is 0.533. The second kappa shape index (κ2) is 9.10. The summed E-state index contributed by atoms with van der Waals surface area (Å²) < 4.78 is 6.15. The second-order valence-corrected chi connectivity index (χ2v) is 5.32. The average Bonchev–Trinajstić information content (AvgIpc) is 2.40. The number of carbonyl (C=O) groups excluding carboxylic acids is 1. The summed E-state index contributed by atoms with van der Waals surface area (Å²) in [5.74, 6) is -0.276. The fourth-order valence-corrected chi connectivity index (χ4v) is 2.44. The first kappa shape index (κ1) is 16.2. The van der Waals surface area contributed by atoms with Crippen molar-refractivity contribution in [1.29, 1.82) is 0 Å². The van der Waals surface area contributed by atoms with E-state index in [2.05, 4.69) is 15.9 Å². The molecule has 1 unspecified atom stereocenters. The molecule has 0 aliphatic carbocycles. The highest BCUT2D eigenvalue weighted by Crippen LogP contribution is 2.23. The Hall–Kier alpha value is -0.870. The highest BCUT2D eigenvalue weighted by molar-refractivity contribution is 9.10. The Morgan fingerprint density at radius 1 is 1.37 bits per heavy atom. The molecule has 0 heterocycles. The van der Waals surface area contributed by atoms with Crippen LogP contribution in [0.2, 0.25) is 0 Å². The third kappa shape index (κ3) is 5.74. The van der Waals surface area contributed by atoms with Crippen LogP contribution in [0.15, 0.2) is 28.7 Å². The zero-order valence-electron chi connectivity index (χ0n) is 11.3. The fourth-order valence-electron chi connectivity index (χ4n) is 2.00. The molecule has 1 atom stereocenters. The summed E-state index contributed by atoms with van der Waals surface area (Å²) in [6.07, 6.45) is 2.99. The molecule has 0 radical (unpaired) electrons. The van der Waals surface area contributed by atoms with Crippen LogP contribution >= 0.6 is 15.9 Å². The Bertz CT molecular complexity index is 393. The number of ether oxygens (including phenoxy) is 1. The first-order valence-electron chi connectivity index (χ1n) is 6.70. The average molecular weight is 329 g/mol. The molecular weight excluding hydrogens is 308 g/mol. The van der Waals surface area contributed by atoms with Gasteiger partial charge < -0.3 is 9.84 Å². The number of aliphatic hydroxyl groups excluding tert-OH is 1. The molecule has 4 heteroatoms. The standard InChI is InChI=1S/C15H21BrO3/c1-2-19-15(18)13(8-5-6-10-17)11-12-7-3-4-9-14(12)16/h3-4,7,9,13,17H,2,5-6,8,10-11H2,1H3. The first-order valence-corrected chi connectivity index (χ1v) is 7.49. The van der Waals surface area contributed by atoms with Crippen LogP contribution in [0.5, 0.6) is 0 Å². The van der Waals surface area contributed by atoms with Gasteiger partial charge in [-0.15, -0.1) is 0 Å². The lowest BCUT2D eigenvalue weighted by atomic mass is 9.94. The number of benzene rings is 1. The molecule has 0 saturated carbocycles. The van der Waals surface area contributed by atoms with E-state index in [0.717, 1.165) is 29.3 Å². The zero-order chi connectivity index (χ0) is 14.1. The van der Waals surface area contributed by atoms with E-state index in [1.54, 1.807) is 0 Å². The number of halogens is 1. The second-order valence-electron chi connectivity index (χ2n) is 4.46. The third-order valence-electron chi connectivity index (χ3n) is 3.00. The van der Waals surface area contributed by atoms with Gasteiger partial charge in [-0.25, -0.2) is 0 Å². The lowest BCUT2D eigenvalue weighted by Crippen LogP contribution is -2.20. The summed E-state index contributed by atoms with van der Waals surface area (Å²) >= 11 is 3.50. The van der Waals surface area contributed by atoms with Gasteiger partial charge >= 0.3 is 5.97 Å². The highest BCUT2D eigenvalue weighted by atomic mass is 79.9.